The molecule has 0 aromatic heterocycles. The van der Waals surface area contributed by atoms with Crippen molar-refractivity contribution in [1.82, 2.24) is 4.90 Å². The van der Waals surface area contributed by atoms with Crippen molar-refractivity contribution in [3.63, 3.8) is 0 Å². The molecule has 0 spiro atoms. The molecule has 0 aliphatic heterocycles. The van der Waals surface area contributed by atoms with E-state index in [0.717, 1.165) is 13.0 Å². The maximum absolute atomic E-state index is 5.90. The Balaban J connectivity index is 3.09. The lowest BCUT2D eigenvalue weighted by molar-refractivity contribution is -0.0391. The van der Waals surface area contributed by atoms with Crippen LogP contribution in [0.15, 0.2) is 0 Å². The highest BCUT2D eigenvalue weighted by Gasteiger charge is 2.07. The second-order valence-corrected chi connectivity index (χ2v) is 8.00. The fourth-order valence-corrected chi connectivity index (χ4v) is 3.50. The van der Waals surface area contributed by atoms with E-state index in [1.54, 1.807) is 0 Å². The minimum absolute atomic E-state index is 0.302. The quantitative estimate of drug-likeness (QED) is 0.165. The van der Waals surface area contributed by atoms with E-state index < -0.39 is 0 Å². The topological polar surface area (TPSA) is 12.5 Å². The van der Waals surface area contributed by atoms with Crippen molar-refractivity contribution in [3.05, 3.63) is 0 Å². The molecule has 0 radical (unpaired) electrons. The molecule has 0 aliphatic carbocycles. The van der Waals surface area contributed by atoms with Gasteiger partial charge < -0.3 is 4.74 Å². The molecule has 1 unspecified atom stereocenters. The molecule has 0 aliphatic rings. The van der Waals surface area contributed by atoms with Crippen molar-refractivity contribution in [2.24, 2.45) is 0 Å². The molecule has 2 heteroatoms. The smallest absolute Gasteiger partial charge is 0.109 e. The van der Waals surface area contributed by atoms with Crippen LogP contribution in [0.5, 0.6) is 0 Å². The van der Waals surface area contributed by atoms with Gasteiger partial charge in [-0.3, -0.25) is 4.90 Å². The van der Waals surface area contributed by atoms with Gasteiger partial charge in [0, 0.05) is 6.61 Å². The normalized spacial score (nSPS) is 12.8. The molecular formula is C23H49NO. The third kappa shape index (κ3) is 18.5. The highest BCUT2D eigenvalue weighted by atomic mass is 16.5. The average Bonchev–Trinajstić information content (AvgIpc) is 2.60. The lowest BCUT2D eigenvalue weighted by Gasteiger charge is -2.23. The van der Waals surface area contributed by atoms with Crippen molar-refractivity contribution in [1.29, 1.82) is 0 Å². The van der Waals surface area contributed by atoms with Gasteiger partial charge in [0.2, 0.25) is 0 Å². The minimum atomic E-state index is 0.302. The number of hydrogen-bond donors (Lipinski definition) is 0. The SMILES string of the molecule is CCCCCCCCCCCCCCCCCCOC(CC)N(C)C. The van der Waals surface area contributed by atoms with Crippen molar-refractivity contribution in [3.8, 4) is 0 Å². The fraction of sp³-hybridized carbons (Fsp3) is 1.00. The van der Waals surface area contributed by atoms with Crippen LogP contribution in [0, 0.1) is 0 Å². The summed E-state index contributed by atoms with van der Waals surface area (Å²) < 4.78 is 5.90. The average molecular weight is 356 g/mol. The van der Waals surface area contributed by atoms with Gasteiger partial charge in [-0.05, 0) is 26.9 Å². The van der Waals surface area contributed by atoms with Gasteiger partial charge in [0.15, 0.2) is 0 Å². The summed E-state index contributed by atoms with van der Waals surface area (Å²) in [6.45, 7) is 5.41. The predicted octanol–water partition coefficient (Wildman–Crippen LogP) is 7.56. The van der Waals surface area contributed by atoms with E-state index in [9.17, 15) is 0 Å². The Bertz CT molecular complexity index is 242. The van der Waals surface area contributed by atoms with Gasteiger partial charge in [0.1, 0.15) is 6.23 Å². The van der Waals surface area contributed by atoms with Crippen LogP contribution in [0.4, 0.5) is 0 Å². The number of rotatable bonds is 20. The number of ether oxygens (including phenoxy) is 1. The van der Waals surface area contributed by atoms with E-state index in [0.29, 0.717) is 6.23 Å². The highest BCUT2D eigenvalue weighted by molar-refractivity contribution is 4.52. The fourth-order valence-electron chi connectivity index (χ4n) is 3.50. The standard InChI is InChI=1S/C23H49NO/c1-5-7-8-9-10-11-12-13-14-15-16-17-18-19-20-21-22-25-23(6-2)24(3)4/h23H,5-22H2,1-4H3. The first-order chi connectivity index (χ1) is 12.2. The Morgan fingerprint density at radius 3 is 1.24 bits per heavy atom. The van der Waals surface area contributed by atoms with Crippen LogP contribution in [0.1, 0.15) is 123 Å². The van der Waals surface area contributed by atoms with Crippen LogP contribution in [0.3, 0.4) is 0 Å². The molecule has 152 valence electrons. The summed E-state index contributed by atoms with van der Waals surface area (Å²) in [7, 11) is 4.20. The van der Waals surface area contributed by atoms with Crippen LogP contribution < -0.4 is 0 Å². The van der Waals surface area contributed by atoms with Gasteiger partial charge in [-0.2, -0.15) is 0 Å². The van der Waals surface area contributed by atoms with Gasteiger partial charge >= 0.3 is 0 Å². The Hall–Kier alpha value is -0.0800. The molecule has 1 atom stereocenters. The summed E-state index contributed by atoms with van der Waals surface area (Å²) in [5.74, 6) is 0. The maximum Gasteiger partial charge on any atom is 0.109 e. The van der Waals surface area contributed by atoms with E-state index in [2.05, 4.69) is 32.8 Å². The first kappa shape index (κ1) is 24.9. The van der Waals surface area contributed by atoms with Crippen LogP contribution in [-0.4, -0.2) is 31.8 Å². The van der Waals surface area contributed by atoms with Gasteiger partial charge in [-0.15, -0.1) is 0 Å². The first-order valence-corrected chi connectivity index (χ1v) is 11.5. The Morgan fingerprint density at radius 1 is 0.560 bits per heavy atom. The molecular weight excluding hydrogens is 306 g/mol. The largest absolute Gasteiger partial charge is 0.363 e. The van der Waals surface area contributed by atoms with E-state index in [1.165, 1.54) is 103 Å². The second-order valence-electron chi connectivity index (χ2n) is 8.00. The Kier molecular flexibility index (Phi) is 20.2. The third-order valence-electron chi connectivity index (χ3n) is 5.23. The van der Waals surface area contributed by atoms with Gasteiger partial charge in [0.25, 0.3) is 0 Å². The van der Waals surface area contributed by atoms with Crippen LogP contribution in [0.25, 0.3) is 0 Å². The number of nitrogens with zero attached hydrogens (tertiary/aromatic N) is 1. The molecule has 0 rings (SSSR count). The molecule has 25 heavy (non-hydrogen) atoms. The van der Waals surface area contributed by atoms with E-state index >= 15 is 0 Å². The zero-order valence-electron chi connectivity index (χ0n) is 18.2. The number of unbranched alkanes of at least 4 members (excludes halogenated alkanes) is 15. The molecule has 0 saturated carbocycles. The second kappa shape index (κ2) is 20.2. The summed E-state index contributed by atoms with van der Waals surface area (Å²) in [4.78, 5) is 2.17. The minimum Gasteiger partial charge on any atom is -0.363 e. The maximum atomic E-state index is 5.90. The summed E-state index contributed by atoms with van der Waals surface area (Å²) in [5, 5.41) is 0. The van der Waals surface area contributed by atoms with Gasteiger partial charge in [-0.1, -0.05) is 110 Å². The molecule has 0 N–H and O–H groups in total. The van der Waals surface area contributed by atoms with Gasteiger partial charge in [0.05, 0.1) is 0 Å². The first-order valence-electron chi connectivity index (χ1n) is 11.5. The van der Waals surface area contributed by atoms with Crippen molar-refractivity contribution < 1.29 is 4.74 Å². The van der Waals surface area contributed by atoms with Crippen LogP contribution in [-0.2, 0) is 4.74 Å². The monoisotopic (exact) mass is 355 g/mol. The summed E-state index contributed by atoms with van der Waals surface area (Å²) in [6, 6.07) is 0. The molecule has 0 aromatic rings. The predicted molar refractivity (Wildman–Crippen MR) is 113 cm³/mol. The summed E-state index contributed by atoms with van der Waals surface area (Å²) >= 11 is 0. The van der Waals surface area contributed by atoms with E-state index in [4.69, 9.17) is 4.74 Å². The van der Waals surface area contributed by atoms with Gasteiger partial charge in [-0.25, -0.2) is 0 Å². The van der Waals surface area contributed by atoms with E-state index in [-0.39, 0.29) is 0 Å². The van der Waals surface area contributed by atoms with Crippen molar-refractivity contribution in [2.75, 3.05) is 20.7 Å². The molecule has 0 bridgehead atoms. The third-order valence-corrected chi connectivity index (χ3v) is 5.23. The molecule has 0 amide bonds. The van der Waals surface area contributed by atoms with Crippen molar-refractivity contribution >= 4 is 0 Å². The van der Waals surface area contributed by atoms with Crippen LogP contribution in [0.2, 0.25) is 0 Å². The van der Waals surface area contributed by atoms with Crippen LogP contribution >= 0.6 is 0 Å². The van der Waals surface area contributed by atoms with E-state index in [1.807, 2.05) is 0 Å². The molecule has 2 nitrogen and oxygen atoms in total. The molecule has 0 heterocycles. The van der Waals surface area contributed by atoms with Crippen molar-refractivity contribution in [2.45, 2.75) is 129 Å². The lowest BCUT2D eigenvalue weighted by atomic mass is 10.0. The number of hydrogen-bond acceptors (Lipinski definition) is 2. The lowest BCUT2D eigenvalue weighted by Crippen LogP contribution is -2.30. The Morgan fingerprint density at radius 2 is 0.920 bits per heavy atom. The zero-order valence-corrected chi connectivity index (χ0v) is 18.2. The Labute approximate surface area is 160 Å². The highest BCUT2D eigenvalue weighted by Crippen LogP contribution is 2.14. The molecule has 0 fully saturated rings. The molecule has 0 saturated heterocycles. The summed E-state index contributed by atoms with van der Waals surface area (Å²) in [5.41, 5.74) is 0. The molecule has 0 aromatic carbocycles. The summed E-state index contributed by atoms with van der Waals surface area (Å²) in [6.07, 6.45) is 24.2. The zero-order chi connectivity index (χ0) is 18.6.